The molecule has 0 amide bonds. The number of ketones is 1. The Bertz CT molecular complexity index is 1000. The van der Waals surface area contributed by atoms with Gasteiger partial charge in [0.25, 0.3) is 0 Å². The van der Waals surface area contributed by atoms with Crippen LogP contribution in [0.1, 0.15) is 113 Å². The molecule has 0 heterocycles. The number of aliphatic hydroxyl groups is 1. The number of esters is 2. The fraction of sp³-hybridized carbons (Fsp3) is 0.844. The van der Waals surface area contributed by atoms with Gasteiger partial charge < -0.3 is 14.6 Å². The first-order chi connectivity index (χ1) is 17.6. The highest BCUT2D eigenvalue weighted by Gasteiger charge is 2.67. The van der Waals surface area contributed by atoms with E-state index < -0.39 is 29.7 Å². The number of carbonyl (C=O) groups excluding carboxylic acids is 3. The standard InChI is InChI=1S/C32H50O6/c1-9-29(5)12-10-13-30(6)24(29)11-14-31(7)25-16-23(35)22(20(3)33)18-32(25,8)27(17-26(30)31)38-28(36)15-19(2)37-21(4)34/h18-19,23-27,35H,9-17H2,1-8H3/t19?,23-,24?,25+,26?,27+,29+,30+,31+,32-/m1/s1. The number of hydrogen-bond acceptors (Lipinski definition) is 6. The maximum absolute atomic E-state index is 13.2. The van der Waals surface area contributed by atoms with Gasteiger partial charge in [0, 0.05) is 17.9 Å². The monoisotopic (exact) mass is 530 g/mol. The molecule has 3 saturated carbocycles. The van der Waals surface area contributed by atoms with Crippen molar-refractivity contribution in [1.29, 1.82) is 0 Å². The van der Waals surface area contributed by atoms with E-state index in [4.69, 9.17) is 9.47 Å². The third-order valence-corrected chi connectivity index (χ3v) is 11.9. The molecule has 4 aliphatic rings. The summed E-state index contributed by atoms with van der Waals surface area (Å²) in [6.45, 7) is 16.4. The Labute approximate surface area is 229 Å². The molecule has 1 N–H and O–H groups in total. The highest BCUT2D eigenvalue weighted by Crippen LogP contribution is 2.72. The molecule has 4 aliphatic carbocycles. The molecule has 0 aromatic heterocycles. The van der Waals surface area contributed by atoms with Crippen LogP contribution in [0.3, 0.4) is 0 Å². The first-order valence-electron chi connectivity index (χ1n) is 14.9. The lowest BCUT2D eigenvalue weighted by Gasteiger charge is -2.70. The minimum atomic E-state index is -0.792. The predicted octanol–water partition coefficient (Wildman–Crippen LogP) is 6.19. The molecule has 0 aliphatic heterocycles. The van der Waals surface area contributed by atoms with Crippen LogP contribution in [0.2, 0.25) is 0 Å². The van der Waals surface area contributed by atoms with Crippen molar-refractivity contribution < 1.29 is 29.0 Å². The Morgan fingerprint density at radius 1 is 1.00 bits per heavy atom. The highest BCUT2D eigenvalue weighted by molar-refractivity contribution is 5.94. The lowest BCUT2D eigenvalue weighted by molar-refractivity contribution is -0.229. The number of ether oxygens (including phenoxy) is 2. The summed E-state index contributed by atoms with van der Waals surface area (Å²) in [5, 5.41) is 11.1. The van der Waals surface area contributed by atoms with Crippen molar-refractivity contribution in [2.75, 3.05) is 0 Å². The van der Waals surface area contributed by atoms with Gasteiger partial charge in [-0.1, -0.05) is 53.5 Å². The maximum atomic E-state index is 13.2. The van der Waals surface area contributed by atoms with Crippen LogP contribution in [0.25, 0.3) is 0 Å². The van der Waals surface area contributed by atoms with Crippen LogP contribution in [0.5, 0.6) is 0 Å². The third-order valence-electron chi connectivity index (χ3n) is 11.9. The summed E-state index contributed by atoms with van der Waals surface area (Å²) in [6.07, 6.45) is 8.57. The van der Waals surface area contributed by atoms with Crippen molar-refractivity contribution in [3.8, 4) is 0 Å². The van der Waals surface area contributed by atoms with E-state index in [-0.39, 0.29) is 34.9 Å². The Balaban J connectivity index is 1.75. The van der Waals surface area contributed by atoms with Crippen molar-refractivity contribution in [3.05, 3.63) is 11.6 Å². The number of aliphatic hydroxyl groups excluding tert-OH is 1. The highest BCUT2D eigenvalue weighted by atomic mass is 16.6. The summed E-state index contributed by atoms with van der Waals surface area (Å²) in [4.78, 5) is 37.1. The Morgan fingerprint density at radius 2 is 1.66 bits per heavy atom. The first-order valence-corrected chi connectivity index (χ1v) is 14.9. The predicted molar refractivity (Wildman–Crippen MR) is 146 cm³/mol. The van der Waals surface area contributed by atoms with Crippen molar-refractivity contribution in [1.82, 2.24) is 0 Å². The molecular weight excluding hydrogens is 480 g/mol. The van der Waals surface area contributed by atoms with Crippen molar-refractivity contribution in [2.24, 2.45) is 39.4 Å². The molecule has 0 spiro atoms. The van der Waals surface area contributed by atoms with Crippen LogP contribution in [0.15, 0.2) is 11.6 Å². The Hall–Kier alpha value is -1.69. The van der Waals surface area contributed by atoms with Crippen LogP contribution in [-0.2, 0) is 23.9 Å². The molecule has 10 atom stereocenters. The SMILES string of the molecule is CC[C@@]1(C)CCC[C@@]2(C)C1CC[C@]1(C)C2C[C@H](OC(=O)CC(C)OC(C)=O)[C@]2(C)C=C(C(C)=O)[C@H](O)C[C@H]21. The third kappa shape index (κ3) is 4.67. The number of fused-ring (bicyclic) bond motifs is 5. The van der Waals surface area contributed by atoms with E-state index in [2.05, 4.69) is 34.6 Å². The largest absolute Gasteiger partial charge is 0.462 e. The van der Waals surface area contributed by atoms with Gasteiger partial charge in [-0.15, -0.1) is 0 Å². The van der Waals surface area contributed by atoms with Crippen LogP contribution in [-0.4, -0.2) is 41.1 Å². The second kappa shape index (κ2) is 10.1. The molecule has 3 fully saturated rings. The maximum Gasteiger partial charge on any atom is 0.309 e. The van der Waals surface area contributed by atoms with E-state index in [1.54, 1.807) is 6.92 Å². The molecule has 0 bridgehead atoms. The van der Waals surface area contributed by atoms with Gasteiger partial charge >= 0.3 is 11.9 Å². The van der Waals surface area contributed by atoms with E-state index >= 15 is 0 Å². The summed E-state index contributed by atoms with van der Waals surface area (Å²) >= 11 is 0. The summed E-state index contributed by atoms with van der Waals surface area (Å²) in [7, 11) is 0. The molecule has 4 rings (SSSR count). The van der Waals surface area contributed by atoms with Crippen LogP contribution >= 0.6 is 0 Å². The zero-order valence-corrected chi connectivity index (χ0v) is 24.9. The van der Waals surface area contributed by atoms with Gasteiger partial charge in [-0.25, -0.2) is 0 Å². The average Bonchev–Trinajstić information content (AvgIpc) is 2.80. The van der Waals surface area contributed by atoms with Crippen molar-refractivity contribution in [3.63, 3.8) is 0 Å². The normalized spacial score (nSPS) is 45.0. The van der Waals surface area contributed by atoms with Gasteiger partial charge in [0.1, 0.15) is 12.2 Å². The van der Waals surface area contributed by atoms with E-state index in [1.165, 1.54) is 46.0 Å². The van der Waals surface area contributed by atoms with E-state index in [1.807, 2.05) is 6.08 Å². The second-order valence-electron chi connectivity index (χ2n) is 14.2. The van der Waals surface area contributed by atoms with Crippen LogP contribution in [0.4, 0.5) is 0 Å². The smallest absolute Gasteiger partial charge is 0.309 e. The Kier molecular flexibility index (Phi) is 7.75. The summed E-state index contributed by atoms with van der Waals surface area (Å²) in [6, 6.07) is 0. The molecule has 6 nitrogen and oxygen atoms in total. The fourth-order valence-corrected chi connectivity index (χ4v) is 10.1. The molecule has 0 radical (unpaired) electrons. The summed E-state index contributed by atoms with van der Waals surface area (Å²) in [5.41, 5.74) is 0.297. The van der Waals surface area contributed by atoms with Gasteiger partial charge in [0.15, 0.2) is 5.78 Å². The minimum Gasteiger partial charge on any atom is -0.462 e. The lowest BCUT2D eigenvalue weighted by Crippen LogP contribution is -2.65. The van der Waals surface area contributed by atoms with E-state index in [9.17, 15) is 19.5 Å². The molecular formula is C32H50O6. The molecule has 0 saturated heterocycles. The van der Waals surface area contributed by atoms with Gasteiger partial charge in [0.2, 0.25) is 0 Å². The van der Waals surface area contributed by atoms with E-state index in [0.717, 1.165) is 12.8 Å². The number of Topliss-reactive ketones (excluding diaryl/α,β-unsaturated/α-hetero) is 1. The topological polar surface area (TPSA) is 89.9 Å². The second-order valence-corrected chi connectivity index (χ2v) is 14.2. The van der Waals surface area contributed by atoms with Gasteiger partial charge in [-0.2, -0.15) is 0 Å². The number of rotatable bonds is 6. The molecule has 0 aromatic carbocycles. The van der Waals surface area contributed by atoms with Gasteiger partial charge in [-0.3, -0.25) is 14.4 Å². The quantitative estimate of drug-likeness (QED) is 0.412. The number of hydrogen-bond donors (Lipinski definition) is 1. The zero-order valence-electron chi connectivity index (χ0n) is 24.9. The molecule has 3 unspecified atom stereocenters. The van der Waals surface area contributed by atoms with Gasteiger partial charge in [-0.05, 0) is 86.4 Å². The Morgan fingerprint density at radius 3 is 2.26 bits per heavy atom. The molecule has 6 heteroatoms. The summed E-state index contributed by atoms with van der Waals surface area (Å²) in [5.74, 6) is 0.131. The first kappa shape index (κ1) is 29.3. The van der Waals surface area contributed by atoms with E-state index in [0.29, 0.717) is 29.2 Å². The number of carbonyl (C=O) groups is 3. The summed E-state index contributed by atoms with van der Waals surface area (Å²) < 4.78 is 11.5. The van der Waals surface area contributed by atoms with Crippen molar-refractivity contribution in [2.45, 2.75) is 131 Å². The zero-order chi connectivity index (χ0) is 28.3. The average molecular weight is 531 g/mol. The molecule has 38 heavy (non-hydrogen) atoms. The minimum absolute atomic E-state index is 0.00152. The van der Waals surface area contributed by atoms with Crippen molar-refractivity contribution >= 4 is 17.7 Å². The molecule has 214 valence electrons. The van der Waals surface area contributed by atoms with Crippen LogP contribution in [0, 0.1) is 39.4 Å². The fourth-order valence-electron chi connectivity index (χ4n) is 10.1. The van der Waals surface area contributed by atoms with Crippen LogP contribution < -0.4 is 0 Å². The van der Waals surface area contributed by atoms with Gasteiger partial charge in [0.05, 0.1) is 12.5 Å². The molecule has 0 aromatic rings. The lowest BCUT2D eigenvalue weighted by atomic mass is 9.35.